The number of carbonyl (C=O) groups excluding carboxylic acids is 1. The zero-order chi connectivity index (χ0) is 21.8. The molecule has 30 heavy (non-hydrogen) atoms. The number of anilines is 2. The van der Waals surface area contributed by atoms with Gasteiger partial charge in [-0.25, -0.2) is 0 Å². The van der Waals surface area contributed by atoms with E-state index in [0.29, 0.717) is 16.8 Å². The highest BCUT2D eigenvalue weighted by Crippen LogP contribution is 2.28. The van der Waals surface area contributed by atoms with Crippen molar-refractivity contribution in [1.82, 2.24) is 0 Å². The van der Waals surface area contributed by atoms with E-state index in [0.717, 1.165) is 22.4 Å². The Morgan fingerprint density at radius 3 is 2.17 bits per heavy atom. The van der Waals surface area contributed by atoms with E-state index in [1.165, 1.54) is 0 Å². The average Bonchev–Trinajstić information content (AvgIpc) is 2.71. The smallest absolute Gasteiger partial charge is 0.122 e. The Balaban J connectivity index is 1.93. The van der Waals surface area contributed by atoms with Gasteiger partial charge in [-0.1, -0.05) is 29.8 Å². The first kappa shape index (κ1) is 20.9. The lowest BCUT2D eigenvalue weighted by Crippen LogP contribution is -2.34. The Morgan fingerprint density at radius 2 is 1.63 bits per heavy atom. The molecular formula is C24H25N4O2-. The third-order valence-corrected chi connectivity index (χ3v) is 4.89. The third-order valence-electron chi connectivity index (χ3n) is 4.89. The van der Waals surface area contributed by atoms with Gasteiger partial charge in [0.05, 0.1) is 12.0 Å². The van der Waals surface area contributed by atoms with Crippen LogP contribution in [0.2, 0.25) is 0 Å². The van der Waals surface area contributed by atoms with E-state index >= 15 is 0 Å². The van der Waals surface area contributed by atoms with E-state index < -0.39 is 12.0 Å². The molecule has 3 aromatic carbocycles. The summed E-state index contributed by atoms with van der Waals surface area (Å²) in [6.45, 7) is 1.94. The molecule has 0 aromatic heterocycles. The molecule has 154 valence electrons. The Hall–Kier alpha value is -3.80. The highest BCUT2D eigenvalue weighted by molar-refractivity contribution is 5.95. The third kappa shape index (κ3) is 4.78. The number of hydrogen-bond donors (Lipinski definition) is 3. The molecule has 4 N–H and O–H groups in total. The highest BCUT2D eigenvalue weighted by atomic mass is 16.4. The van der Waals surface area contributed by atoms with Crippen molar-refractivity contribution in [2.24, 2.45) is 5.73 Å². The van der Waals surface area contributed by atoms with Gasteiger partial charge in [-0.05, 0) is 66.1 Å². The number of nitrogen functional groups attached to an aromatic ring is 1. The quantitative estimate of drug-likeness (QED) is 0.417. The van der Waals surface area contributed by atoms with Crippen LogP contribution in [0.25, 0.3) is 11.1 Å². The van der Waals surface area contributed by atoms with Gasteiger partial charge >= 0.3 is 0 Å². The van der Waals surface area contributed by atoms with Crippen molar-refractivity contribution in [2.75, 3.05) is 24.3 Å². The molecule has 0 bridgehead atoms. The number of benzene rings is 3. The molecule has 1 atom stereocenters. The van der Waals surface area contributed by atoms with Gasteiger partial charge in [0.25, 0.3) is 0 Å². The first-order valence-electron chi connectivity index (χ1n) is 9.56. The van der Waals surface area contributed by atoms with E-state index in [-0.39, 0.29) is 5.84 Å². The van der Waals surface area contributed by atoms with Crippen LogP contribution >= 0.6 is 0 Å². The lowest BCUT2D eigenvalue weighted by molar-refractivity contribution is -0.307. The molecule has 6 heteroatoms. The fourth-order valence-electron chi connectivity index (χ4n) is 3.29. The zero-order valence-corrected chi connectivity index (χ0v) is 17.3. The van der Waals surface area contributed by atoms with E-state index in [1.807, 2.05) is 68.4 Å². The number of nitrogens with two attached hydrogens (primary N) is 1. The van der Waals surface area contributed by atoms with Gasteiger partial charge in [0, 0.05) is 31.0 Å². The maximum atomic E-state index is 11.9. The monoisotopic (exact) mass is 401 g/mol. The summed E-state index contributed by atoms with van der Waals surface area (Å²) < 4.78 is 0. The Morgan fingerprint density at radius 1 is 1.00 bits per heavy atom. The molecule has 0 aliphatic heterocycles. The predicted octanol–water partition coefficient (Wildman–Crippen LogP) is 2.92. The van der Waals surface area contributed by atoms with Crippen molar-refractivity contribution < 1.29 is 9.90 Å². The first-order chi connectivity index (χ1) is 14.2. The van der Waals surface area contributed by atoms with Crippen molar-refractivity contribution in [3.63, 3.8) is 0 Å². The highest BCUT2D eigenvalue weighted by Gasteiger charge is 2.15. The summed E-state index contributed by atoms with van der Waals surface area (Å²) >= 11 is 0. The maximum absolute atomic E-state index is 11.9. The minimum Gasteiger partial charge on any atom is -0.548 e. The second kappa shape index (κ2) is 8.69. The van der Waals surface area contributed by atoms with Gasteiger partial charge in [-0.2, -0.15) is 0 Å². The number of carboxylic acids is 1. The van der Waals surface area contributed by atoms with Crippen molar-refractivity contribution in [3.05, 3.63) is 83.4 Å². The lowest BCUT2D eigenvalue weighted by atomic mass is 9.96. The molecule has 0 heterocycles. The van der Waals surface area contributed by atoms with E-state index in [9.17, 15) is 9.90 Å². The SMILES string of the molecule is Cc1cc(-c2ccc(N(C)C)cc2)cc(C(Nc2ccc(C(=N)N)cc2)C(=O)[O-])c1. The Labute approximate surface area is 176 Å². The van der Waals surface area contributed by atoms with Gasteiger partial charge in [0.15, 0.2) is 0 Å². The number of aliphatic carboxylic acids is 1. The molecule has 0 fully saturated rings. The molecule has 3 rings (SSSR count). The summed E-state index contributed by atoms with van der Waals surface area (Å²) in [5, 5.41) is 22.4. The van der Waals surface area contributed by atoms with Gasteiger partial charge in [-0.3, -0.25) is 5.41 Å². The fourth-order valence-corrected chi connectivity index (χ4v) is 3.29. The molecule has 0 amide bonds. The van der Waals surface area contributed by atoms with Gasteiger partial charge in [-0.15, -0.1) is 0 Å². The molecule has 0 radical (unpaired) electrons. The molecule has 1 unspecified atom stereocenters. The number of nitrogens with zero attached hydrogens (tertiary/aromatic N) is 1. The minimum absolute atomic E-state index is 0.0402. The Bertz CT molecular complexity index is 1060. The van der Waals surface area contributed by atoms with Crippen LogP contribution in [0.4, 0.5) is 11.4 Å². The number of rotatable bonds is 7. The van der Waals surface area contributed by atoms with E-state index in [4.69, 9.17) is 11.1 Å². The van der Waals surface area contributed by atoms with Crippen molar-refractivity contribution in [1.29, 1.82) is 5.41 Å². The molecular weight excluding hydrogens is 376 g/mol. The normalized spacial score (nSPS) is 11.6. The van der Waals surface area contributed by atoms with Crippen molar-refractivity contribution in [2.45, 2.75) is 13.0 Å². The molecule has 0 aliphatic carbocycles. The summed E-state index contributed by atoms with van der Waals surface area (Å²) in [5.74, 6) is -1.26. The fraction of sp³-hybridized carbons (Fsp3) is 0.167. The van der Waals surface area contributed by atoms with Crippen LogP contribution in [0.3, 0.4) is 0 Å². The summed E-state index contributed by atoms with van der Waals surface area (Å²) in [4.78, 5) is 14.0. The van der Waals surface area contributed by atoms with Crippen LogP contribution in [0.15, 0.2) is 66.7 Å². The van der Waals surface area contributed by atoms with Crippen molar-refractivity contribution in [3.8, 4) is 11.1 Å². The molecule has 3 aromatic rings. The number of hydrogen-bond acceptors (Lipinski definition) is 5. The average molecular weight is 401 g/mol. The molecule has 6 nitrogen and oxygen atoms in total. The van der Waals surface area contributed by atoms with Crippen LogP contribution < -0.4 is 21.1 Å². The number of aryl methyl sites for hydroxylation is 1. The summed E-state index contributed by atoms with van der Waals surface area (Å²) in [6, 6.07) is 19.6. The van der Waals surface area contributed by atoms with Gasteiger partial charge in [0.1, 0.15) is 5.84 Å². The van der Waals surface area contributed by atoms with E-state index in [1.54, 1.807) is 24.3 Å². The van der Waals surface area contributed by atoms with E-state index in [2.05, 4.69) is 5.32 Å². The second-order valence-corrected chi connectivity index (χ2v) is 7.46. The van der Waals surface area contributed by atoms with Crippen molar-refractivity contribution >= 4 is 23.2 Å². The summed E-state index contributed by atoms with van der Waals surface area (Å²) in [7, 11) is 3.97. The van der Waals surface area contributed by atoms with Crippen LogP contribution in [0.5, 0.6) is 0 Å². The minimum atomic E-state index is -1.22. The topological polar surface area (TPSA) is 105 Å². The van der Waals surface area contributed by atoms with Crippen LogP contribution in [0, 0.1) is 12.3 Å². The van der Waals surface area contributed by atoms with Crippen LogP contribution in [-0.2, 0) is 4.79 Å². The zero-order valence-electron chi connectivity index (χ0n) is 17.3. The number of carbonyl (C=O) groups is 1. The second-order valence-electron chi connectivity index (χ2n) is 7.46. The predicted molar refractivity (Wildman–Crippen MR) is 120 cm³/mol. The van der Waals surface area contributed by atoms with Gasteiger partial charge in [0.2, 0.25) is 0 Å². The largest absolute Gasteiger partial charge is 0.548 e. The maximum Gasteiger partial charge on any atom is 0.122 e. The Kier molecular flexibility index (Phi) is 6.06. The van der Waals surface area contributed by atoms with Crippen LogP contribution in [-0.4, -0.2) is 25.9 Å². The molecule has 0 spiro atoms. The van der Waals surface area contributed by atoms with Crippen LogP contribution in [0.1, 0.15) is 22.7 Å². The lowest BCUT2D eigenvalue weighted by Gasteiger charge is -2.23. The standard InChI is InChI=1S/C24H26N4O2/c1-15-12-18(16-6-10-21(11-7-16)28(2)3)14-19(13-15)22(24(29)30)27-20-8-4-17(5-9-20)23(25)26/h4-14,22,27H,1-3H3,(H3,25,26)(H,29,30)/p-1. The summed E-state index contributed by atoms with van der Waals surface area (Å²) in [5.41, 5.74) is 11.3. The molecule has 0 saturated carbocycles. The number of amidine groups is 1. The number of carboxylic acid groups (broad SMARTS) is 1. The summed E-state index contributed by atoms with van der Waals surface area (Å²) in [6.07, 6.45) is 0. The number of nitrogens with one attached hydrogen (secondary N) is 2. The molecule has 0 aliphatic rings. The molecule has 0 saturated heterocycles. The van der Waals surface area contributed by atoms with Gasteiger partial charge < -0.3 is 25.9 Å². The first-order valence-corrected chi connectivity index (χ1v) is 9.56.